The van der Waals surface area contributed by atoms with Crippen LogP contribution in [0.25, 0.3) is 27.2 Å². The first-order chi connectivity index (χ1) is 15.6. The number of aromatic amines is 1. The Morgan fingerprint density at radius 1 is 1.25 bits per heavy atom. The number of pyridine rings is 1. The molecule has 6 nitrogen and oxygen atoms in total. The number of nitrogens with one attached hydrogen (secondary N) is 2. The summed E-state index contributed by atoms with van der Waals surface area (Å²) < 4.78 is 0. The molecular formula is C25H23N5OS. The fourth-order valence-electron chi connectivity index (χ4n) is 4.24. The molecule has 1 aliphatic heterocycles. The first-order valence-corrected chi connectivity index (χ1v) is 11.6. The molecule has 0 unspecified atom stereocenters. The summed E-state index contributed by atoms with van der Waals surface area (Å²) in [5.74, 6) is 0.0570. The minimum absolute atomic E-state index is 0.0570. The highest BCUT2D eigenvalue weighted by atomic mass is 32.1. The summed E-state index contributed by atoms with van der Waals surface area (Å²) in [5.41, 5.74) is 4.37. The second-order valence-electron chi connectivity index (χ2n) is 8.05. The van der Waals surface area contributed by atoms with E-state index in [0.29, 0.717) is 5.56 Å². The lowest BCUT2D eigenvalue weighted by Crippen LogP contribution is -2.34. The number of carbonyl (C=O) groups excluding carboxylic acids is 1. The van der Waals surface area contributed by atoms with E-state index in [0.717, 1.165) is 68.9 Å². The summed E-state index contributed by atoms with van der Waals surface area (Å²) in [7, 11) is 0. The van der Waals surface area contributed by atoms with Crippen LogP contribution in [-0.4, -0.2) is 33.9 Å². The Bertz CT molecular complexity index is 1380. The van der Waals surface area contributed by atoms with Crippen LogP contribution in [0.3, 0.4) is 0 Å². The van der Waals surface area contributed by atoms with Gasteiger partial charge in [0, 0.05) is 58.4 Å². The van der Waals surface area contributed by atoms with Crippen molar-refractivity contribution < 1.29 is 4.79 Å². The van der Waals surface area contributed by atoms with Crippen molar-refractivity contribution in [2.75, 3.05) is 18.4 Å². The van der Waals surface area contributed by atoms with E-state index in [1.165, 1.54) is 17.8 Å². The SMILES string of the molecule is Cc1c(Nc2c(C#N)cnc3sc(C=CC(=O)N4CCCCC4)cc23)ccc2[nH]ccc12. The maximum Gasteiger partial charge on any atom is 0.246 e. The molecule has 0 bridgehead atoms. The second kappa shape index (κ2) is 8.48. The zero-order chi connectivity index (χ0) is 22.1. The van der Waals surface area contributed by atoms with Crippen molar-refractivity contribution in [3.8, 4) is 6.07 Å². The van der Waals surface area contributed by atoms with Crippen LogP contribution in [0.5, 0.6) is 0 Å². The molecule has 3 aromatic heterocycles. The number of amides is 1. The molecule has 1 amide bonds. The van der Waals surface area contributed by atoms with E-state index in [4.69, 9.17) is 0 Å². The molecule has 5 rings (SSSR count). The summed E-state index contributed by atoms with van der Waals surface area (Å²) in [5, 5.41) is 15.2. The number of nitriles is 1. The van der Waals surface area contributed by atoms with Gasteiger partial charge in [-0.25, -0.2) is 4.98 Å². The number of piperidine rings is 1. The van der Waals surface area contributed by atoms with Crippen LogP contribution < -0.4 is 5.32 Å². The molecule has 4 aromatic rings. The van der Waals surface area contributed by atoms with E-state index in [9.17, 15) is 10.1 Å². The Morgan fingerprint density at radius 2 is 2.09 bits per heavy atom. The minimum Gasteiger partial charge on any atom is -0.361 e. The number of hydrogen-bond acceptors (Lipinski definition) is 5. The van der Waals surface area contributed by atoms with Crippen molar-refractivity contribution in [2.45, 2.75) is 26.2 Å². The molecule has 1 aliphatic rings. The number of fused-ring (bicyclic) bond motifs is 2. The van der Waals surface area contributed by atoms with Crippen molar-refractivity contribution in [3.63, 3.8) is 0 Å². The first-order valence-electron chi connectivity index (χ1n) is 10.8. The summed E-state index contributed by atoms with van der Waals surface area (Å²) in [6.07, 6.45) is 10.4. The lowest BCUT2D eigenvalue weighted by atomic mass is 10.1. The quantitative estimate of drug-likeness (QED) is 0.396. The van der Waals surface area contributed by atoms with Crippen LogP contribution in [0.15, 0.2) is 42.7 Å². The zero-order valence-corrected chi connectivity index (χ0v) is 18.6. The van der Waals surface area contributed by atoms with Gasteiger partial charge in [0.15, 0.2) is 0 Å². The lowest BCUT2D eigenvalue weighted by Gasteiger charge is -2.25. The topological polar surface area (TPSA) is 84.8 Å². The number of carbonyl (C=O) groups is 1. The van der Waals surface area contributed by atoms with Crippen molar-refractivity contribution in [1.82, 2.24) is 14.9 Å². The Morgan fingerprint density at radius 3 is 2.91 bits per heavy atom. The zero-order valence-electron chi connectivity index (χ0n) is 17.8. The Kier molecular flexibility index (Phi) is 5.38. The fraction of sp³-hybridized carbons (Fsp3) is 0.240. The number of aromatic nitrogens is 2. The van der Waals surface area contributed by atoms with Gasteiger partial charge >= 0.3 is 0 Å². The summed E-state index contributed by atoms with van der Waals surface area (Å²) in [6.45, 7) is 3.74. The minimum atomic E-state index is 0.0570. The van der Waals surface area contributed by atoms with Gasteiger partial charge in [0.25, 0.3) is 0 Å². The van der Waals surface area contributed by atoms with Crippen molar-refractivity contribution in [3.05, 3.63) is 58.7 Å². The lowest BCUT2D eigenvalue weighted by molar-refractivity contribution is -0.126. The molecule has 0 aliphatic carbocycles. The van der Waals surface area contributed by atoms with Gasteiger partial charge in [-0.15, -0.1) is 11.3 Å². The summed E-state index contributed by atoms with van der Waals surface area (Å²) >= 11 is 1.51. The van der Waals surface area contributed by atoms with E-state index in [1.807, 2.05) is 35.4 Å². The van der Waals surface area contributed by atoms with Gasteiger partial charge < -0.3 is 15.2 Å². The number of thiophene rings is 1. The first kappa shape index (κ1) is 20.3. The molecule has 0 saturated carbocycles. The molecule has 1 aromatic carbocycles. The average Bonchev–Trinajstić information content (AvgIpc) is 3.47. The Balaban J connectivity index is 1.48. The molecule has 1 saturated heterocycles. The highest BCUT2D eigenvalue weighted by Crippen LogP contribution is 2.36. The van der Waals surface area contributed by atoms with Gasteiger partial charge in [0.2, 0.25) is 5.91 Å². The number of H-pyrrole nitrogens is 1. The van der Waals surface area contributed by atoms with Crippen LogP contribution in [0.4, 0.5) is 11.4 Å². The molecule has 160 valence electrons. The van der Waals surface area contributed by atoms with E-state index >= 15 is 0 Å². The normalized spacial score (nSPS) is 14.3. The third-order valence-corrected chi connectivity index (χ3v) is 7.03. The predicted molar refractivity (Wildman–Crippen MR) is 130 cm³/mol. The average molecular weight is 442 g/mol. The van der Waals surface area contributed by atoms with Crippen LogP contribution in [-0.2, 0) is 4.79 Å². The summed E-state index contributed by atoms with van der Waals surface area (Å²) in [6, 6.07) is 10.4. The third kappa shape index (κ3) is 3.74. The van der Waals surface area contributed by atoms with Gasteiger partial charge in [-0.3, -0.25) is 4.79 Å². The third-order valence-electron chi connectivity index (χ3n) is 6.02. The van der Waals surface area contributed by atoms with Gasteiger partial charge in [-0.1, -0.05) is 0 Å². The van der Waals surface area contributed by atoms with Crippen molar-refractivity contribution in [2.24, 2.45) is 0 Å². The molecule has 32 heavy (non-hydrogen) atoms. The van der Waals surface area contributed by atoms with Gasteiger partial charge in [-0.05, 0) is 62.1 Å². The van der Waals surface area contributed by atoms with Crippen LogP contribution in [0.1, 0.15) is 35.3 Å². The van der Waals surface area contributed by atoms with Crippen LogP contribution in [0, 0.1) is 18.3 Å². The molecule has 4 heterocycles. The number of hydrogen-bond donors (Lipinski definition) is 2. The fourth-order valence-corrected chi connectivity index (χ4v) is 5.15. The van der Waals surface area contributed by atoms with Gasteiger partial charge in [-0.2, -0.15) is 5.26 Å². The number of nitrogens with zero attached hydrogens (tertiary/aromatic N) is 3. The smallest absolute Gasteiger partial charge is 0.246 e. The van der Waals surface area contributed by atoms with E-state index in [-0.39, 0.29) is 5.91 Å². The molecule has 7 heteroatoms. The van der Waals surface area contributed by atoms with Crippen LogP contribution >= 0.6 is 11.3 Å². The van der Waals surface area contributed by atoms with E-state index in [1.54, 1.807) is 12.3 Å². The molecule has 0 radical (unpaired) electrons. The highest BCUT2D eigenvalue weighted by molar-refractivity contribution is 7.19. The van der Waals surface area contributed by atoms with Crippen molar-refractivity contribution in [1.29, 1.82) is 5.26 Å². The monoisotopic (exact) mass is 441 g/mol. The second-order valence-corrected chi connectivity index (χ2v) is 9.11. The number of benzene rings is 1. The number of anilines is 2. The predicted octanol–water partition coefficient (Wildman–Crippen LogP) is 5.73. The molecule has 0 atom stereocenters. The van der Waals surface area contributed by atoms with Gasteiger partial charge in [0.1, 0.15) is 10.9 Å². The maximum absolute atomic E-state index is 12.5. The molecular weight excluding hydrogens is 418 g/mol. The Labute approximate surface area is 190 Å². The molecule has 0 spiro atoms. The Hall–Kier alpha value is -3.63. The van der Waals surface area contributed by atoms with E-state index in [2.05, 4.69) is 34.3 Å². The summed E-state index contributed by atoms with van der Waals surface area (Å²) in [4.78, 5) is 23.9. The highest BCUT2D eigenvalue weighted by Gasteiger charge is 2.16. The standard InChI is InChI=1S/C25H23N5OS/c1-16-19-9-10-27-22(19)7-6-21(16)29-24-17(14-26)15-28-25-20(24)13-18(32-25)5-8-23(31)30-11-3-2-4-12-30/h5-10,13,15,27H,2-4,11-12H2,1H3,(H,28,29). The number of likely N-dealkylation sites (tertiary alicyclic amines) is 1. The van der Waals surface area contributed by atoms with E-state index < -0.39 is 0 Å². The number of aryl methyl sites for hydroxylation is 1. The van der Waals surface area contributed by atoms with Crippen LogP contribution in [0.2, 0.25) is 0 Å². The maximum atomic E-state index is 12.5. The largest absolute Gasteiger partial charge is 0.361 e. The molecule has 2 N–H and O–H groups in total. The number of rotatable bonds is 4. The van der Waals surface area contributed by atoms with Gasteiger partial charge in [0.05, 0.1) is 11.3 Å². The van der Waals surface area contributed by atoms with Crippen molar-refractivity contribution >= 4 is 55.8 Å². The molecule has 1 fully saturated rings.